The summed E-state index contributed by atoms with van der Waals surface area (Å²) in [7, 11) is 0. The number of carbonyl (C=O) groups is 1. The molecule has 1 atom stereocenters. The molecule has 0 saturated carbocycles. The predicted molar refractivity (Wildman–Crippen MR) is 56.9 cm³/mol. The van der Waals surface area contributed by atoms with Crippen molar-refractivity contribution in [1.29, 1.82) is 0 Å². The summed E-state index contributed by atoms with van der Waals surface area (Å²) in [4.78, 5) is 11.1. The van der Waals surface area contributed by atoms with E-state index in [9.17, 15) is 4.79 Å². The van der Waals surface area contributed by atoms with Gasteiger partial charge < -0.3 is 15.8 Å². The van der Waals surface area contributed by atoms with Crippen molar-refractivity contribution in [3.63, 3.8) is 0 Å². The van der Waals surface area contributed by atoms with Gasteiger partial charge in [-0.25, -0.2) is 4.79 Å². The summed E-state index contributed by atoms with van der Waals surface area (Å²) in [5, 5.41) is 2.59. The van der Waals surface area contributed by atoms with Crippen LogP contribution in [0.2, 0.25) is 0 Å². The molecule has 0 saturated heterocycles. The fourth-order valence-corrected chi connectivity index (χ4v) is 0.998. The number of amides is 1. The molecule has 4 heteroatoms. The molecule has 0 aromatic carbocycles. The zero-order valence-electron chi connectivity index (χ0n) is 9.21. The molecule has 0 fully saturated rings. The normalized spacial score (nSPS) is 12.2. The average Bonchev–Trinajstić information content (AvgIpc) is 2.15. The molecule has 1 amide bonds. The van der Waals surface area contributed by atoms with Crippen molar-refractivity contribution in [1.82, 2.24) is 5.32 Å². The standard InChI is InChI=1S/C10H22N2O2/c1-3-5-7-9(11)12-10(13)14-8-6-4-2/h9H,3-8,11H2,1-2H3,(H,12,13). The van der Waals surface area contributed by atoms with Crippen LogP contribution in [0.3, 0.4) is 0 Å². The van der Waals surface area contributed by atoms with Crippen LogP contribution < -0.4 is 11.1 Å². The van der Waals surface area contributed by atoms with Gasteiger partial charge in [0.05, 0.1) is 12.8 Å². The van der Waals surface area contributed by atoms with Gasteiger partial charge in [0.25, 0.3) is 0 Å². The number of carbonyl (C=O) groups excluding carboxylic acids is 1. The van der Waals surface area contributed by atoms with Crippen LogP contribution in [0, 0.1) is 0 Å². The maximum atomic E-state index is 11.1. The Morgan fingerprint density at radius 3 is 2.57 bits per heavy atom. The van der Waals surface area contributed by atoms with Crippen molar-refractivity contribution in [2.75, 3.05) is 6.61 Å². The quantitative estimate of drug-likeness (QED) is 0.490. The minimum atomic E-state index is -0.401. The van der Waals surface area contributed by atoms with Gasteiger partial charge in [0.15, 0.2) is 0 Å². The van der Waals surface area contributed by atoms with E-state index in [1.165, 1.54) is 0 Å². The predicted octanol–water partition coefficient (Wildman–Crippen LogP) is 1.99. The maximum absolute atomic E-state index is 11.1. The van der Waals surface area contributed by atoms with E-state index in [-0.39, 0.29) is 6.17 Å². The van der Waals surface area contributed by atoms with Gasteiger partial charge in [-0.1, -0.05) is 33.1 Å². The molecule has 0 spiro atoms. The lowest BCUT2D eigenvalue weighted by atomic mass is 10.2. The molecule has 4 nitrogen and oxygen atoms in total. The maximum Gasteiger partial charge on any atom is 0.408 e. The molecule has 0 heterocycles. The summed E-state index contributed by atoms with van der Waals surface area (Å²) in [6.07, 6.45) is 4.16. The van der Waals surface area contributed by atoms with Gasteiger partial charge in [0, 0.05) is 0 Å². The van der Waals surface area contributed by atoms with E-state index in [0.29, 0.717) is 6.61 Å². The fraction of sp³-hybridized carbons (Fsp3) is 0.900. The van der Waals surface area contributed by atoms with Crippen LogP contribution in [-0.4, -0.2) is 18.9 Å². The first-order chi connectivity index (χ1) is 6.70. The Labute approximate surface area is 86.2 Å². The highest BCUT2D eigenvalue weighted by Crippen LogP contribution is 1.96. The van der Waals surface area contributed by atoms with Crippen LogP contribution in [0.4, 0.5) is 4.79 Å². The molecule has 3 N–H and O–H groups in total. The third-order valence-corrected chi connectivity index (χ3v) is 1.90. The van der Waals surface area contributed by atoms with Crippen LogP contribution in [-0.2, 0) is 4.74 Å². The molecule has 0 rings (SSSR count). The van der Waals surface area contributed by atoms with E-state index in [1.54, 1.807) is 0 Å². The van der Waals surface area contributed by atoms with Gasteiger partial charge in [-0.3, -0.25) is 0 Å². The van der Waals surface area contributed by atoms with Crippen molar-refractivity contribution >= 4 is 6.09 Å². The Hall–Kier alpha value is -0.770. The van der Waals surface area contributed by atoms with Crippen molar-refractivity contribution in [2.45, 2.75) is 52.1 Å². The molecule has 0 aliphatic heterocycles. The summed E-state index contributed by atoms with van der Waals surface area (Å²) in [5.41, 5.74) is 5.65. The molecule has 1 unspecified atom stereocenters. The fourth-order valence-electron chi connectivity index (χ4n) is 0.998. The summed E-state index contributed by atoms with van der Waals surface area (Å²) in [6.45, 7) is 4.61. The number of hydrogen-bond acceptors (Lipinski definition) is 3. The highest BCUT2D eigenvalue weighted by molar-refractivity contribution is 5.67. The number of alkyl carbamates (subject to hydrolysis) is 1. The Balaban J connectivity index is 3.40. The molecule has 84 valence electrons. The van der Waals surface area contributed by atoms with Gasteiger partial charge >= 0.3 is 6.09 Å². The lowest BCUT2D eigenvalue weighted by Crippen LogP contribution is -2.41. The summed E-state index contributed by atoms with van der Waals surface area (Å²) >= 11 is 0. The molecule has 0 aliphatic carbocycles. The van der Waals surface area contributed by atoms with E-state index in [0.717, 1.165) is 32.1 Å². The van der Waals surface area contributed by atoms with Gasteiger partial charge in [-0.05, 0) is 12.8 Å². The molecule has 0 aliphatic rings. The first-order valence-corrected chi connectivity index (χ1v) is 5.39. The van der Waals surface area contributed by atoms with E-state index < -0.39 is 6.09 Å². The molecule has 0 aromatic heterocycles. The Morgan fingerprint density at radius 1 is 1.36 bits per heavy atom. The smallest absolute Gasteiger partial charge is 0.408 e. The second-order valence-corrected chi connectivity index (χ2v) is 3.38. The van der Waals surface area contributed by atoms with E-state index >= 15 is 0 Å². The lowest BCUT2D eigenvalue weighted by Gasteiger charge is -2.13. The van der Waals surface area contributed by atoms with Crippen LogP contribution in [0.15, 0.2) is 0 Å². The Bertz CT molecular complexity index is 151. The molecule has 0 radical (unpaired) electrons. The Kier molecular flexibility index (Phi) is 8.33. The number of nitrogens with two attached hydrogens (primary N) is 1. The van der Waals surface area contributed by atoms with Crippen LogP contribution >= 0.6 is 0 Å². The number of unbranched alkanes of at least 4 members (excludes halogenated alkanes) is 2. The second kappa shape index (κ2) is 8.81. The molecule has 14 heavy (non-hydrogen) atoms. The van der Waals surface area contributed by atoms with Gasteiger partial charge in [-0.15, -0.1) is 0 Å². The first kappa shape index (κ1) is 13.2. The Morgan fingerprint density at radius 2 is 2.00 bits per heavy atom. The zero-order chi connectivity index (χ0) is 10.8. The number of hydrogen-bond donors (Lipinski definition) is 2. The molecule has 0 bridgehead atoms. The van der Waals surface area contributed by atoms with Gasteiger partial charge in [-0.2, -0.15) is 0 Å². The van der Waals surface area contributed by atoms with Gasteiger partial charge in [0.1, 0.15) is 0 Å². The van der Waals surface area contributed by atoms with Crippen LogP contribution in [0.1, 0.15) is 46.0 Å². The van der Waals surface area contributed by atoms with Crippen molar-refractivity contribution in [3.8, 4) is 0 Å². The van der Waals surface area contributed by atoms with Crippen molar-refractivity contribution < 1.29 is 9.53 Å². The topological polar surface area (TPSA) is 64.3 Å². The first-order valence-electron chi connectivity index (χ1n) is 5.39. The minimum Gasteiger partial charge on any atom is -0.450 e. The minimum absolute atomic E-state index is 0.274. The second-order valence-electron chi connectivity index (χ2n) is 3.38. The van der Waals surface area contributed by atoms with Crippen molar-refractivity contribution in [2.24, 2.45) is 5.73 Å². The van der Waals surface area contributed by atoms with Crippen LogP contribution in [0.25, 0.3) is 0 Å². The molecular formula is C10H22N2O2. The largest absolute Gasteiger partial charge is 0.450 e. The third kappa shape index (κ3) is 7.86. The summed E-state index contributed by atoms with van der Waals surface area (Å²) < 4.78 is 4.90. The molecular weight excluding hydrogens is 180 g/mol. The number of rotatable bonds is 7. The summed E-state index contributed by atoms with van der Waals surface area (Å²) in [5.74, 6) is 0. The van der Waals surface area contributed by atoms with Crippen LogP contribution in [0.5, 0.6) is 0 Å². The molecule has 0 aromatic rings. The number of nitrogens with one attached hydrogen (secondary N) is 1. The lowest BCUT2D eigenvalue weighted by molar-refractivity contribution is 0.140. The van der Waals surface area contributed by atoms with Gasteiger partial charge in [0.2, 0.25) is 0 Å². The van der Waals surface area contributed by atoms with E-state index in [2.05, 4.69) is 12.2 Å². The monoisotopic (exact) mass is 202 g/mol. The van der Waals surface area contributed by atoms with E-state index in [1.807, 2.05) is 6.92 Å². The summed E-state index contributed by atoms with van der Waals surface area (Å²) in [6, 6.07) is 0. The highest BCUT2D eigenvalue weighted by atomic mass is 16.5. The highest BCUT2D eigenvalue weighted by Gasteiger charge is 2.06. The van der Waals surface area contributed by atoms with E-state index in [4.69, 9.17) is 10.5 Å². The SMILES string of the molecule is CCCCOC(=O)NC(N)CCCC. The number of ether oxygens (including phenoxy) is 1. The zero-order valence-corrected chi connectivity index (χ0v) is 9.21. The third-order valence-electron chi connectivity index (χ3n) is 1.90. The average molecular weight is 202 g/mol. The van der Waals surface area contributed by atoms with Crippen molar-refractivity contribution in [3.05, 3.63) is 0 Å².